The molecule has 6 nitrogen and oxygen atoms in total. The zero-order valence-corrected chi connectivity index (χ0v) is 14.2. The van der Waals surface area contributed by atoms with E-state index in [9.17, 15) is 4.79 Å². The number of amides is 1. The first kappa shape index (κ1) is 17.0. The fraction of sp³-hybridized carbons (Fsp3) is 0.263. The van der Waals surface area contributed by atoms with Crippen molar-refractivity contribution in [3.05, 3.63) is 53.9 Å². The van der Waals surface area contributed by atoms with Crippen LogP contribution < -0.4 is 15.8 Å². The van der Waals surface area contributed by atoms with Gasteiger partial charge in [-0.2, -0.15) is 0 Å². The van der Waals surface area contributed by atoms with Crippen LogP contribution in [-0.4, -0.2) is 29.0 Å². The average molecular weight is 338 g/mol. The molecule has 3 aromatic rings. The summed E-state index contributed by atoms with van der Waals surface area (Å²) in [4.78, 5) is 20.0. The Bertz CT molecular complexity index is 855. The molecule has 25 heavy (non-hydrogen) atoms. The molecule has 1 aromatic heterocycles. The smallest absolute Gasteiger partial charge is 0.224 e. The summed E-state index contributed by atoms with van der Waals surface area (Å²) < 4.78 is 5.41. The lowest BCUT2D eigenvalue weighted by Crippen LogP contribution is -2.13. The monoisotopic (exact) mass is 338 g/mol. The second-order valence-electron chi connectivity index (χ2n) is 5.86. The van der Waals surface area contributed by atoms with E-state index < -0.39 is 0 Å². The number of para-hydroxylation sites is 1. The van der Waals surface area contributed by atoms with E-state index in [1.54, 1.807) is 0 Å². The summed E-state index contributed by atoms with van der Waals surface area (Å²) in [6.45, 7) is 2.98. The maximum atomic E-state index is 12.1. The second kappa shape index (κ2) is 7.81. The van der Waals surface area contributed by atoms with Crippen LogP contribution in [0.4, 0.5) is 5.69 Å². The average Bonchev–Trinajstić information content (AvgIpc) is 3.04. The number of hydrogen-bond acceptors (Lipinski definition) is 4. The highest BCUT2D eigenvalue weighted by molar-refractivity contribution is 5.90. The summed E-state index contributed by atoms with van der Waals surface area (Å²) >= 11 is 0. The fourth-order valence-corrected chi connectivity index (χ4v) is 2.61. The molecular formula is C19H22N4O2. The van der Waals surface area contributed by atoms with Crippen molar-refractivity contribution in [1.82, 2.24) is 9.97 Å². The second-order valence-corrected chi connectivity index (χ2v) is 5.86. The van der Waals surface area contributed by atoms with Crippen molar-refractivity contribution in [2.75, 3.05) is 18.5 Å². The number of nitrogens with two attached hydrogens (primary N) is 1. The van der Waals surface area contributed by atoms with Gasteiger partial charge in [0, 0.05) is 25.1 Å². The molecule has 0 aliphatic heterocycles. The Labute approximate surface area is 146 Å². The molecule has 0 aliphatic rings. The van der Waals surface area contributed by atoms with Gasteiger partial charge < -0.3 is 20.8 Å². The van der Waals surface area contributed by atoms with Gasteiger partial charge >= 0.3 is 0 Å². The molecule has 6 heteroatoms. The van der Waals surface area contributed by atoms with Gasteiger partial charge in [0.05, 0.1) is 11.0 Å². The van der Waals surface area contributed by atoms with Crippen LogP contribution in [0.15, 0.2) is 42.5 Å². The molecule has 0 bridgehead atoms. The molecule has 2 aromatic carbocycles. The number of ether oxygens (including phenoxy) is 1. The molecule has 0 saturated carbocycles. The number of carbonyl (C=O) groups excluding carboxylic acids is 1. The molecule has 3 rings (SSSR count). The van der Waals surface area contributed by atoms with E-state index in [0.29, 0.717) is 26.0 Å². The van der Waals surface area contributed by atoms with Crippen LogP contribution in [0.1, 0.15) is 17.8 Å². The molecule has 0 fully saturated rings. The van der Waals surface area contributed by atoms with Crippen LogP contribution >= 0.6 is 0 Å². The minimum atomic E-state index is -0.0483. The van der Waals surface area contributed by atoms with Gasteiger partial charge in [-0.15, -0.1) is 0 Å². The molecule has 1 heterocycles. The van der Waals surface area contributed by atoms with Crippen LogP contribution in [0, 0.1) is 6.92 Å². The molecule has 0 aliphatic carbocycles. The Morgan fingerprint density at radius 2 is 2.04 bits per heavy atom. The Hall–Kier alpha value is -2.86. The van der Waals surface area contributed by atoms with Crippen molar-refractivity contribution >= 4 is 22.6 Å². The standard InChI is InChI=1S/C19H22N4O2/c1-13-3-2-4-16-19(13)23-17(22-16)9-10-18(24)21-14-5-7-15(8-6-14)25-12-11-20/h2-8H,9-12,20H2,1H3,(H,21,24)(H,22,23). The van der Waals surface area contributed by atoms with Gasteiger partial charge in [-0.05, 0) is 42.8 Å². The number of carbonyl (C=O) groups is 1. The lowest BCUT2D eigenvalue weighted by molar-refractivity contribution is -0.116. The van der Waals surface area contributed by atoms with E-state index in [4.69, 9.17) is 10.5 Å². The third-order valence-corrected chi connectivity index (χ3v) is 3.88. The number of benzene rings is 2. The minimum absolute atomic E-state index is 0.0483. The van der Waals surface area contributed by atoms with Gasteiger partial charge in [-0.1, -0.05) is 12.1 Å². The van der Waals surface area contributed by atoms with Gasteiger partial charge in [0.2, 0.25) is 5.91 Å². The number of nitrogens with one attached hydrogen (secondary N) is 2. The Morgan fingerprint density at radius 1 is 1.24 bits per heavy atom. The first-order chi connectivity index (χ1) is 12.2. The Balaban J connectivity index is 1.54. The van der Waals surface area contributed by atoms with Gasteiger partial charge in [0.1, 0.15) is 18.2 Å². The minimum Gasteiger partial charge on any atom is -0.492 e. The highest BCUT2D eigenvalue weighted by Gasteiger charge is 2.08. The van der Waals surface area contributed by atoms with E-state index >= 15 is 0 Å². The summed E-state index contributed by atoms with van der Waals surface area (Å²) in [5, 5.41) is 2.88. The quantitative estimate of drug-likeness (QED) is 0.617. The van der Waals surface area contributed by atoms with Gasteiger partial charge in [-0.3, -0.25) is 4.79 Å². The van der Waals surface area contributed by atoms with Crippen molar-refractivity contribution < 1.29 is 9.53 Å². The highest BCUT2D eigenvalue weighted by atomic mass is 16.5. The number of aromatic amines is 1. The maximum absolute atomic E-state index is 12.1. The van der Waals surface area contributed by atoms with E-state index in [1.807, 2.05) is 49.4 Å². The van der Waals surface area contributed by atoms with Gasteiger partial charge in [-0.25, -0.2) is 4.98 Å². The Kier molecular flexibility index (Phi) is 5.30. The van der Waals surface area contributed by atoms with Crippen molar-refractivity contribution in [3.63, 3.8) is 0 Å². The SMILES string of the molecule is Cc1cccc2[nH]c(CCC(=O)Nc3ccc(OCCN)cc3)nc12. The van der Waals surface area contributed by atoms with Gasteiger partial charge in [0.25, 0.3) is 0 Å². The van der Waals surface area contributed by atoms with Gasteiger partial charge in [0.15, 0.2) is 0 Å². The summed E-state index contributed by atoms with van der Waals surface area (Å²) in [7, 11) is 0. The zero-order chi connectivity index (χ0) is 17.6. The van der Waals surface area contributed by atoms with E-state index in [2.05, 4.69) is 15.3 Å². The number of H-pyrrole nitrogens is 1. The summed E-state index contributed by atoms with van der Waals surface area (Å²) in [6.07, 6.45) is 0.932. The third kappa shape index (κ3) is 4.36. The number of aromatic nitrogens is 2. The normalized spacial score (nSPS) is 10.8. The van der Waals surface area contributed by atoms with Crippen molar-refractivity contribution in [2.24, 2.45) is 5.73 Å². The number of aryl methyl sites for hydroxylation is 2. The summed E-state index contributed by atoms with van der Waals surface area (Å²) in [5.74, 6) is 1.51. The summed E-state index contributed by atoms with van der Waals surface area (Å²) in [5.41, 5.74) is 9.23. The third-order valence-electron chi connectivity index (χ3n) is 3.88. The molecule has 4 N–H and O–H groups in total. The highest BCUT2D eigenvalue weighted by Crippen LogP contribution is 2.17. The number of hydrogen-bond donors (Lipinski definition) is 3. The molecular weight excluding hydrogens is 316 g/mol. The first-order valence-electron chi connectivity index (χ1n) is 8.32. The van der Waals surface area contributed by atoms with E-state index in [1.165, 1.54) is 0 Å². The molecule has 0 radical (unpaired) electrons. The topological polar surface area (TPSA) is 93.0 Å². The van der Waals surface area contributed by atoms with Crippen molar-refractivity contribution in [2.45, 2.75) is 19.8 Å². The van der Waals surface area contributed by atoms with Crippen LogP contribution in [0.2, 0.25) is 0 Å². The molecule has 0 unspecified atom stereocenters. The summed E-state index contributed by atoms with van der Waals surface area (Å²) in [6, 6.07) is 13.3. The van der Waals surface area contributed by atoms with Crippen LogP contribution in [0.3, 0.4) is 0 Å². The first-order valence-corrected chi connectivity index (χ1v) is 8.32. The molecule has 0 atom stereocenters. The molecule has 1 amide bonds. The number of imidazole rings is 1. The lowest BCUT2D eigenvalue weighted by atomic mass is 10.2. The number of nitrogens with zero attached hydrogens (tertiary/aromatic N) is 1. The number of anilines is 1. The number of rotatable bonds is 7. The number of fused-ring (bicyclic) bond motifs is 1. The largest absolute Gasteiger partial charge is 0.492 e. The zero-order valence-electron chi connectivity index (χ0n) is 14.2. The van der Waals surface area contributed by atoms with Crippen LogP contribution in [-0.2, 0) is 11.2 Å². The van der Waals surface area contributed by atoms with E-state index in [0.717, 1.165) is 33.9 Å². The van der Waals surface area contributed by atoms with Crippen molar-refractivity contribution in [1.29, 1.82) is 0 Å². The molecule has 130 valence electrons. The van der Waals surface area contributed by atoms with Crippen molar-refractivity contribution in [3.8, 4) is 5.75 Å². The maximum Gasteiger partial charge on any atom is 0.224 e. The predicted octanol–water partition coefficient (Wildman–Crippen LogP) is 2.78. The molecule has 0 saturated heterocycles. The molecule has 0 spiro atoms. The predicted molar refractivity (Wildman–Crippen MR) is 98.8 cm³/mol. The van der Waals surface area contributed by atoms with Crippen LogP contribution in [0.5, 0.6) is 5.75 Å². The fourth-order valence-electron chi connectivity index (χ4n) is 2.61. The Morgan fingerprint density at radius 3 is 2.76 bits per heavy atom. The lowest BCUT2D eigenvalue weighted by Gasteiger charge is -2.07. The van der Waals surface area contributed by atoms with Crippen LogP contribution in [0.25, 0.3) is 11.0 Å². The van der Waals surface area contributed by atoms with E-state index in [-0.39, 0.29) is 5.91 Å².